The van der Waals surface area contributed by atoms with Gasteiger partial charge in [-0.15, -0.1) is 0 Å². The van der Waals surface area contributed by atoms with Crippen molar-refractivity contribution in [3.05, 3.63) is 63.7 Å². The van der Waals surface area contributed by atoms with Crippen LogP contribution >= 0.6 is 0 Å². The lowest BCUT2D eigenvalue weighted by atomic mass is 10.1. The summed E-state index contributed by atoms with van der Waals surface area (Å²) < 4.78 is 12.2. The Morgan fingerprint density at radius 1 is 1.15 bits per heavy atom. The van der Waals surface area contributed by atoms with Gasteiger partial charge in [-0.25, -0.2) is 4.98 Å². The highest BCUT2D eigenvalue weighted by molar-refractivity contribution is 6.05. The maximum Gasteiger partial charge on any atom is 0.298 e. The SMILES string of the molecule is COc1ccc2[nH]c3c(=O)n(/N=C\c4ccc(OC)c(C[NH+]5CCCC5)c4)c(C)nc3c2c1. The fourth-order valence-corrected chi connectivity index (χ4v) is 4.62. The van der Waals surface area contributed by atoms with Gasteiger partial charge in [-0.3, -0.25) is 4.79 Å². The highest BCUT2D eigenvalue weighted by Crippen LogP contribution is 2.26. The summed E-state index contributed by atoms with van der Waals surface area (Å²) in [6.45, 7) is 5.10. The molecule has 2 N–H and O–H groups in total. The van der Waals surface area contributed by atoms with Gasteiger partial charge in [-0.05, 0) is 48.9 Å². The first-order valence-electron chi connectivity index (χ1n) is 11.2. The van der Waals surface area contributed by atoms with E-state index in [2.05, 4.69) is 21.1 Å². The van der Waals surface area contributed by atoms with Crippen LogP contribution in [0.5, 0.6) is 11.5 Å². The Hall–Kier alpha value is -3.65. The Bertz CT molecular complexity index is 1410. The molecule has 1 saturated heterocycles. The van der Waals surface area contributed by atoms with Gasteiger partial charge in [0, 0.05) is 29.3 Å². The number of fused-ring (bicyclic) bond motifs is 3. The van der Waals surface area contributed by atoms with E-state index in [9.17, 15) is 4.79 Å². The zero-order valence-electron chi connectivity index (χ0n) is 19.1. The maximum atomic E-state index is 13.2. The standard InChI is InChI=1S/C25H27N5O3/c1-16-27-23-20-13-19(32-2)7-8-21(20)28-24(23)25(31)30(16)26-14-17-6-9-22(33-3)18(12-17)15-29-10-4-5-11-29/h6-9,12-14,28H,4-5,10-11,15H2,1-3H3/p+1/b26-14-. The van der Waals surface area contributed by atoms with E-state index in [-0.39, 0.29) is 5.56 Å². The van der Waals surface area contributed by atoms with Gasteiger partial charge in [-0.2, -0.15) is 9.78 Å². The van der Waals surface area contributed by atoms with Gasteiger partial charge >= 0.3 is 0 Å². The molecule has 1 aliphatic rings. The molecule has 1 fully saturated rings. The van der Waals surface area contributed by atoms with Crippen molar-refractivity contribution in [2.75, 3.05) is 27.3 Å². The van der Waals surface area contributed by atoms with E-state index >= 15 is 0 Å². The summed E-state index contributed by atoms with van der Waals surface area (Å²) in [5.41, 5.74) is 3.71. The van der Waals surface area contributed by atoms with Crippen LogP contribution in [0.1, 0.15) is 29.8 Å². The van der Waals surface area contributed by atoms with Crippen molar-refractivity contribution >= 4 is 28.2 Å². The molecule has 0 saturated carbocycles. The molecule has 0 amide bonds. The van der Waals surface area contributed by atoms with Gasteiger partial charge < -0.3 is 19.4 Å². The average Bonchev–Trinajstić information content (AvgIpc) is 3.46. The third-order valence-electron chi connectivity index (χ3n) is 6.34. The van der Waals surface area contributed by atoms with Crippen molar-refractivity contribution < 1.29 is 14.4 Å². The first-order chi connectivity index (χ1) is 16.1. The fraction of sp³-hybridized carbons (Fsp3) is 0.320. The van der Waals surface area contributed by atoms with E-state index in [0.717, 1.165) is 40.1 Å². The molecule has 33 heavy (non-hydrogen) atoms. The summed E-state index contributed by atoms with van der Waals surface area (Å²) in [5.74, 6) is 2.12. The Labute approximate surface area is 191 Å². The molecule has 1 aliphatic heterocycles. The molecule has 0 atom stereocenters. The van der Waals surface area contributed by atoms with Crippen LogP contribution in [0.4, 0.5) is 0 Å². The molecule has 0 spiro atoms. The molecule has 0 aliphatic carbocycles. The minimum atomic E-state index is -0.237. The molecule has 8 nitrogen and oxygen atoms in total. The second-order valence-electron chi connectivity index (χ2n) is 8.49. The molecule has 170 valence electrons. The molecular formula is C25H28N5O3+. The molecule has 5 rings (SSSR count). The number of aromatic amines is 1. The number of nitrogens with one attached hydrogen (secondary N) is 2. The Morgan fingerprint density at radius 2 is 1.97 bits per heavy atom. The normalized spacial score (nSPS) is 14.6. The van der Waals surface area contributed by atoms with E-state index in [1.165, 1.54) is 30.6 Å². The summed E-state index contributed by atoms with van der Waals surface area (Å²) in [5, 5.41) is 5.33. The van der Waals surface area contributed by atoms with Crippen molar-refractivity contribution in [1.82, 2.24) is 14.6 Å². The van der Waals surface area contributed by atoms with Crippen LogP contribution in [0, 0.1) is 6.92 Å². The predicted molar refractivity (Wildman–Crippen MR) is 129 cm³/mol. The van der Waals surface area contributed by atoms with E-state index in [0.29, 0.717) is 16.9 Å². The minimum absolute atomic E-state index is 0.237. The topological polar surface area (TPSA) is 85.9 Å². The number of benzene rings is 2. The number of H-pyrrole nitrogens is 1. The Kier molecular flexibility index (Phi) is 5.60. The number of rotatable bonds is 6. The average molecular weight is 447 g/mol. The number of likely N-dealkylation sites (tertiary alicyclic amines) is 1. The molecule has 3 heterocycles. The first-order valence-corrected chi connectivity index (χ1v) is 11.2. The van der Waals surface area contributed by atoms with Gasteiger partial charge in [0.1, 0.15) is 34.9 Å². The number of methoxy groups -OCH3 is 2. The van der Waals surface area contributed by atoms with Gasteiger partial charge in [0.05, 0.1) is 33.5 Å². The number of quaternary nitrogens is 1. The number of hydrogen-bond donors (Lipinski definition) is 2. The summed E-state index contributed by atoms with van der Waals surface area (Å²) in [6.07, 6.45) is 4.25. The monoisotopic (exact) mass is 446 g/mol. The lowest BCUT2D eigenvalue weighted by molar-refractivity contribution is -0.901. The molecule has 0 bridgehead atoms. The highest BCUT2D eigenvalue weighted by Gasteiger charge is 2.18. The Morgan fingerprint density at radius 3 is 2.73 bits per heavy atom. The molecular weight excluding hydrogens is 418 g/mol. The van der Waals surface area contributed by atoms with E-state index in [1.54, 1.807) is 32.3 Å². The van der Waals surface area contributed by atoms with Gasteiger partial charge in [0.25, 0.3) is 5.56 Å². The lowest BCUT2D eigenvalue weighted by Crippen LogP contribution is -3.08. The Balaban J connectivity index is 1.51. The summed E-state index contributed by atoms with van der Waals surface area (Å²) in [6, 6.07) is 11.6. The largest absolute Gasteiger partial charge is 0.497 e. The van der Waals surface area contributed by atoms with Crippen LogP contribution in [-0.4, -0.2) is 48.2 Å². The zero-order chi connectivity index (χ0) is 22.9. The molecule has 2 aromatic heterocycles. The molecule has 2 aromatic carbocycles. The van der Waals surface area contributed by atoms with Crippen molar-refractivity contribution in [2.45, 2.75) is 26.3 Å². The minimum Gasteiger partial charge on any atom is -0.497 e. The van der Waals surface area contributed by atoms with Crippen molar-refractivity contribution in [3.63, 3.8) is 0 Å². The second-order valence-corrected chi connectivity index (χ2v) is 8.49. The second kappa shape index (κ2) is 8.71. The summed E-state index contributed by atoms with van der Waals surface area (Å²) in [4.78, 5) is 22.6. The maximum absolute atomic E-state index is 13.2. The van der Waals surface area contributed by atoms with E-state index in [4.69, 9.17) is 9.47 Å². The quantitative estimate of drug-likeness (QED) is 0.445. The summed E-state index contributed by atoms with van der Waals surface area (Å²) >= 11 is 0. The van der Waals surface area contributed by atoms with Crippen LogP contribution in [0.25, 0.3) is 21.9 Å². The highest BCUT2D eigenvalue weighted by atomic mass is 16.5. The number of hydrogen-bond acceptors (Lipinski definition) is 5. The van der Waals surface area contributed by atoms with E-state index < -0.39 is 0 Å². The fourth-order valence-electron chi connectivity index (χ4n) is 4.62. The van der Waals surface area contributed by atoms with Crippen LogP contribution in [-0.2, 0) is 6.54 Å². The van der Waals surface area contributed by atoms with Crippen LogP contribution < -0.4 is 19.9 Å². The third kappa shape index (κ3) is 3.98. The molecule has 8 heteroatoms. The van der Waals surface area contributed by atoms with Crippen LogP contribution in [0.3, 0.4) is 0 Å². The molecule has 4 aromatic rings. The van der Waals surface area contributed by atoms with Crippen molar-refractivity contribution in [2.24, 2.45) is 5.10 Å². The smallest absolute Gasteiger partial charge is 0.298 e. The van der Waals surface area contributed by atoms with Crippen LogP contribution in [0.15, 0.2) is 46.3 Å². The zero-order valence-corrected chi connectivity index (χ0v) is 19.1. The molecule has 0 radical (unpaired) electrons. The number of ether oxygens (including phenoxy) is 2. The summed E-state index contributed by atoms with van der Waals surface area (Å²) in [7, 11) is 3.32. The number of nitrogens with zero attached hydrogens (tertiary/aromatic N) is 3. The predicted octanol–water partition coefficient (Wildman–Crippen LogP) is 2.26. The van der Waals surface area contributed by atoms with Crippen molar-refractivity contribution in [3.8, 4) is 11.5 Å². The van der Waals surface area contributed by atoms with Crippen molar-refractivity contribution in [1.29, 1.82) is 0 Å². The van der Waals surface area contributed by atoms with Gasteiger partial charge in [0.15, 0.2) is 0 Å². The van der Waals surface area contributed by atoms with Gasteiger partial charge in [-0.1, -0.05) is 0 Å². The molecule has 0 unspecified atom stereocenters. The first kappa shape index (κ1) is 21.2. The van der Waals surface area contributed by atoms with Gasteiger partial charge in [0.2, 0.25) is 0 Å². The van der Waals surface area contributed by atoms with E-state index in [1.807, 2.05) is 30.3 Å². The number of aryl methyl sites for hydroxylation is 1. The number of aromatic nitrogens is 3. The van der Waals surface area contributed by atoms with Crippen LogP contribution in [0.2, 0.25) is 0 Å². The third-order valence-corrected chi connectivity index (χ3v) is 6.34. The lowest BCUT2D eigenvalue weighted by Gasteiger charge is -2.15.